The smallest absolute Gasteiger partial charge is 0.358 e. The van der Waals surface area contributed by atoms with Crippen molar-refractivity contribution in [2.24, 2.45) is 0 Å². The van der Waals surface area contributed by atoms with Crippen LogP contribution < -0.4 is 0 Å². The third-order valence-electron chi connectivity index (χ3n) is 1.77. The summed E-state index contributed by atoms with van der Waals surface area (Å²) in [7, 11) is 0. The van der Waals surface area contributed by atoms with Gasteiger partial charge in [0, 0.05) is 6.20 Å². The summed E-state index contributed by atoms with van der Waals surface area (Å²) >= 11 is 0. The van der Waals surface area contributed by atoms with E-state index in [4.69, 9.17) is 5.11 Å². The van der Waals surface area contributed by atoms with Gasteiger partial charge in [-0.05, 0) is 6.92 Å². The van der Waals surface area contributed by atoms with E-state index in [-0.39, 0.29) is 11.4 Å². The van der Waals surface area contributed by atoms with E-state index in [0.717, 1.165) is 5.69 Å². The van der Waals surface area contributed by atoms with Crippen LogP contribution in [0.4, 0.5) is 0 Å². The van der Waals surface area contributed by atoms with Gasteiger partial charge in [0.05, 0.1) is 11.9 Å². The Morgan fingerprint density at radius 3 is 2.73 bits per heavy atom. The van der Waals surface area contributed by atoms with E-state index in [0.29, 0.717) is 5.69 Å². The van der Waals surface area contributed by atoms with Gasteiger partial charge in [-0.15, -0.1) is 5.10 Å². The van der Waals surface area contributed by atoms with E-state index in [1.54, 1.807) is 6.92 Å². The first kappa shape index (κ1) is 9.25. The van der Waals surface area contributed by atoms with Crippen LogP contribution in [0, 0.1) is 6.92 Å². The molecule has 7 nitrogen and oxygen atoms in total. The SMILES string of the molecule is Cc1cnc(-c2n[nH]nc2C(=O)O)cn1. The van der Waals surface area contributed by atoms with Crippen LogP contribution in [0.5, 0.6) is 0 Å². The van der Waals surface area contributed by atoms with Gasteiger partial charge in [-0.3, -0.25) is 9.97 Å². The lowest BCUT2D eigenvalue weighted by molar-refractivity contribution is 0.0691. The van der Waals surface area contributed by atoms with Crippen molar-refractivity contribution in [2.75, 3.05) is 0 Å². The molecule has 0 saturated heterocycles. The number of aromatic carboxylic acids is 1. The maximum Gasteiger partial charge on any atom is 0.358 e. The summed E-state index contributed by atoms with van der Waals surface area (Å²) in [5, 5.41) is 18.3. The molecule has 7 heteroatoms. The molecule has 0 aromatic carbocycles. The second-order valence-electron chi connectivity index (χ2n) is 2.87. The summed E-state index contributed by atoms with van der Waals surface area (Å²) in [6.07, 6.45) is 3.00. The highest BCUT2D eigenvalue weighted by molar-refractivity contribution is 5.91. The van der Waals surface area contributed by atoms with Crippen molar-refractivity contribution in [3.05, 3.63) is 23.8 Å². The highest BCUT2D eigenvalue weighted by Gasteiger charge is 2.17. The van der Waals surface area contributed by atoms with Gasteiger partial charge in [0.25, 0.3) is 0 Å². The molecule has 0 aliphatic carbocycles. The monoisotopic (exact) mass is 205 g/mol. The molecule has 2 aromatic rings. The number of aromatic nitrogens is 5. The van der Waals surface area contributed by atoms with E-state index in [1.165, 1.54) is 12.4 Å². The minimum atomic E-state index is -1.15. The van der Waals surface area contributed by atoms with Crippen molar-refractivity contribution in [3.63, 3.8) is 0 Å². The second kappa shape index (κ2) is 3.45. The zero-order valence-corrected chi connectivity index (χ0v) is 7.80. The number of hydrogen-bond donors (Lipinski definition) is 2. The summed E-state index contributed by atoms with van der Waals surface area (Å²) in [6.45, 7) is 1.79. The highest BCUT2D eigenvalue weighted by Crippen LogP contribution is 2.15. The molecule has 0 unspecified atom stereocenters. The van der Waals surface area contributed by atoms with Gasteiger partial charge in [-0.25, -0.2) is 4.79 Å². The Hall–Kier alpha value is -2.31. The topological polar surface area (TPSA) is 105 Å². The molecule has 0 aliphatic rings. The number of rotatable bonds is 2. The highest BCUT2D eigenvalue weighted by atomic mass is 16.4. The van der Waals surface area contributed by atoms with Gasteiger partial charge in [-0.1, -0.05) is 0 Å². The van der Waals surface area contributed by atoms with Gasteiger partial charge < -0.3 is 5.11 Å². The standard InChI is InChI=1S/C8H7N5O2/c1-4-2-10-5(3-9-4)6-7(8(14)15)12-13-11-6/h2-3H,1H3,(H,14,15)(H,11,12,13). The lowest BCUT2D eigenvalue weighted by Gasteiger charge is -1.96. The third-order valence-corrected chi connectivity index (χ3v) is 1.77. The van der Waals surface area contributed by atoms with Crippen LogP contribution in [0.2, 0.25) is 0 Å². The fourth-order valence-corrected chi connectivity index (χ4v) is 1.07. The molecule has 0 aliphatic heterocycles. The number of carboxylic acids is 1. The fourth-order valence-electron chi connectivity index (χ4n) is 1.07. The number of nitrogens with one attached hydrogen (secondary N) is 1. The zero-order chi connectivity index (χ0) is 10.8. The largest absolute Gasteiger partial charge is 0.476 e. The molecule has 2 heterocycles. The van der Waals surface area contributed by atoms with Gasteiger partial charge >= 0.3 is 5.97 Å². The van der Waals surface area contributed by atoms with Crippen LogP contribution in [-0.2, 0) is 0 Å². The molecular weight excluding hydrogens is 198 g/mol. The number of nitrogens with zero attached hydrogens (tertiary/aromatic N) is 4. The molecule has 0 radical (unpaired) electrons. The molecule has 2 rings (SSSR count). The predicted octanol–water partition coefficient (Wildman–Crippen LogP) is 0.268. The number of aryl methyl sites for hydroxylation is 1. The summed E-state index contributed by atoms with van der Waals surface area (Å²) in [5.41, 5.74) is 1.16. The first-order chi connectivity index (χ1) is 7.18. The molecule has 15 heavy (non-hydrogen) atoms. The van der Waals surface area contributed by atoms with E-state index >= 15 is 0 Å². The van der Waals surface area contributed by atoms with Crippen molar-refractivity contribution >= 4 is 5.97 Å². The number of aromatic amines is 1. The molecule has 0 saturated carbocycles. The average Bonchev–Trinajstić information content (AvgIpc) is 2.67. The van der Waals surface area contributed by atoms with E-state index < -0.39 is 5.97 Å². The van der Waals surface area contributed by atoms with Crippen LogP contribution in [-0.4, -0.2) is 36.5 Å². The summed E-state index contributed by atoms with van der Waals surface area (Å²) in [6, 6.07) is 0. The first-order valence-electron chi connectivity index (χ1n) is 4.11. The van der Waals surface area contributed by atoms with Crippen molar-refractivity contribution in [1.82, 2.24) is 25.4 Å². The number of H-pyrrole nitrogens is 1. The molecule has 0 bridgehead atoms. The molecule has 0 spiro atoms. The van der Waals surface area contributed by atoms with Crippen LogP contribution >= 0.6 is 0 Å². The number of hydrogen-bond acceptors (Lipinski definition) is 5. The minimum absolute atomic E-state index is 0.159. The quantitative estimate of drug-likeness (QED) is 0.728. The van der Waals surface area contributed by atoms with Crippen LogP contribution in [0.1, 0.15) is 16.2 Å². The Balaban J connectivity index is 2.49. The van der Waals surface area contributed by atoms with Crippen LogP contribution in [0.3, 0.4) is 0 Å². The van der Waals surface area contributed by atoms with Crippen molar-refractivity contribution in [1.29, 1.82) is 0 Å². The Morgan fingerprint density at radius 1 is 1.33 bits per heavy atom. The first-order valence-corrected chi connectivity index (χ1v) is 4.11. The van der Waals surface area contributed by atoms with E-state index in [9.17, 15) is 4.79 Å². The predicted molar refractivity (Wildman–Crippen MR) is 49.1 cm³/mol. The molecule has 2 aromatic heterocycles. The second-order valence-corrected chi connectivity index (χ2v) is 2.87. The summed E-state index contributed by atoms with van der Waals surface area (Å²) in [5.74, 6) is -1.15. The molecular formula is C8H7N5O2. The van der Waals surface area contributed by atoms with Crippen molar-refractivity contribution in [2.45, 2.75) is 6.92 Å². The maximum atomic E-state index is 10.8. The molecule has 0 amide bonds. The minimum Gasteiger partial charge on any atom is -0.476 e. The zero-order valence-electron chi connectivity index (χ0n) is 7.80. The normalized spacial score (nSPS) is 10.2. The van der Waals surface area contributed by atoms with Crippen LogP contribution in [0.25, 0.3) is 11.4 Å². The van der Waals surface area contributed by atoms with Gasteiger partial charge in [0.1, 0.15) is 11.4 Å². The van der Waals surface area contributed by atoms with Crippen molar-refractivity contribution < 1.29 is 9.90 Å². The third kappa shape index (κ3) is 1.66. The molecule has 0 fully saturated rings. The maximum absolute atomic E-state index is 10.8. The molecule has 2 N–H and O–H groups in total. The number of carboxylic acid groups (broad SMARTS) is 1. The van der Waals surface area contributed by atoms with E-state index in [2.05, 4.69) is 25.4 Å². The summed E-state index contributed by atoms with van der Waals surface area (Å²) < 4.78 is 0. The fraction of sp³-hybridized carbons (Fsp3) is 0.125. The lowest BCUT2D eigenvalue weighted by Crippen LogP contribution is -2.00. The Morgan fingerprint density at radius 2 is 2.13 bits per heavy atom. The van der Waals surface area contributed by atoms with Gasteiger partial charge in [0.2, 0.25) is 0 Å². The summed E-state index contributed by atoms with van der Waals surface area (Å²) in [4.78, 5) is 18.8. The lowest BCUT2D eigenvalue weighted by atomic mass is 10.2. The number of carbonyl (C=O) groups is 1. The van der Waals surface area contributed by atoms with E-state index in [1.807, 2.05) is 0 Å². The molecule has 0 atom stereocenters. The van der Waals surface area contributed by atoms with Gasteiger partial charge in [-0.2, -0.15) is 10.3 Å². The van der Waals surface area contributed by atoms with Crippen molar-refractivity contribution in [3.8, 4) is 11.4 Å². The Bertz CT molecular complexity index is 490. The molecule has 76 valence electrons. The van der Waals surface area contributed by atoms with Gasteiger partial charge in [0.15, 0.2) is 5.69 Å². The Kier molecular flexibility index (Phi) is 2.13. The Labute approximate surface area is 84.2 Å². The van der Waals surface area contributed by atoms with Crippen LogP contribution in [0.15, 0.2) is 12.4 Å². The average molecular weight is 205 g/mol.